The Morgan fingerprint density at radius 1 is 1.00 bits per heavy atom. The fourth-order valence-electron chi connectivity index (χ4n) is 2.51. The molecule has 1 unspecified atom stereocenters. The monoisotopic (exact) mass is 299 g/mol. The Labute approximate surface area is 132 Å². The first-order valence-electron chi connectivity index (χ1n) is 8.13. The zero-order valence-corrected chi connectivity index (χ0v) is 13.6. The molecule has 118 valence electrons. The molecule has 1 N–H and O–H groups in total. The molecule has 0 aromatic heterocycles. The Kier molecular flexibility index (Phi) is 5.82. The summed E-state index contributed by atoms with van der Waals surface area (Å²) in [6, 6.07) is 14.3. The lowest BCUT2D eigenvalue weighted by Gasteiger charge is -2.21. The van der Waals surface area contributed by atoms with Gasteiger partial charge in [-0.2, -0.15) is 0 Å². The molecule has 0 aliphatic carbocycles. The van der Waals surface area contributed by atoms with E-state index < -0.39 is 6.10 Å². The summed E-state index contributed by atoms with van der Waals surface area (Å²) in [5.74, 6) is 0.717. The molecule has 0 radical (unpaired) electrons. The number of hydrogen-bond acceptors (Lipinski definition) is 2. The van der Waals surface area contributed by atoms with Gasteiger partial charge in [0.05, 0.1) is 0 Å². The second-order valence-electron chi connectivity index (χ2n) is 5.55. The largest absolute Gasteiger partial charge is 0.481 e. The highest BCUT2D eigenvalue weighted by molar-refractivity contribution is 5.84. The third-order valence-electron chi connectivity index (χ3n) is 3.99. The fraction of sp³-hybridized carbons (Fsp3) is 0.421. The van der Waals surface area contributed by atoms with Crippen molar-refractivity contribution in [1.82, 2.24) is 5.32 Å². The van der Waals surface area contributed by atoms with Gasteiger partial charge in [0.1, 0.15) is 5.75 Å². The van der Waals surface area contributed by atoms with E-state index in [1.165, 1.54) is 5.39 Å². The van der Waals surface area contributed by atoms with Gasteiger partial charge in [-0.3, -0.25) is 4.79 Å². The second-order valence-corrected chi connectivity index (χ2v) is 5.55. The first kappa shape index (κ1) is 16.3. The van der Waals surface area contributed by atoms with Crippen molar-refractivity contribution in [2.75, 3.05) is 0 Å². The van der Waals surface area contributed by atoms with Gasteiger partial charge in [0.2, 0.25) is 0 Å². The van der Waals surface area contributed by atoms with Crippen molar-refractivity contribution in [3.63, 3.8) is 0 Å². The van der Waals surface area contributed by atoms with Crippen LogP contribution >= 0.6 is 0 Å². The lowest BCUT2D eigenvalue weighted by molar-refractivity contribution is -0.128. The van der Waals surface area contributed by atoms with Gasteiger partial charge < -0.3 is 10.1 Å². The number of ether oxygens (including phenoxy) is 1. The van der Waals surface area contributed by atoms with Crippen molar-refractivity contribution in [3.8, 4) is 5.75 Å². The molecule has 0 saturated carbocycles. The third kappa shape index (κ3) is 4.00. The number of benzene rings is 2. The summed E-state index contributed by atoms with van der Waals surface area (Å²) in [4.78, 5) is 12.3. The summed E-state index contributed by atoms with van der Waals surface area (Å²) in [6.07, 6.45) is 2.09. The van der Waals surface area contributed by atoms with E-state index in [4.69, 9.17) is 4.74 Å². The molecular weight excluding hydrogens is 274 g/mol. The van der Waals surface area contributed by atoms with Crippen LogP contribution in [0.3, 0.4) is 0 Å². The molecule has 3 nitrogen and oxygen atoms in total. The zero-order chi connectivity index (χ0) is 15.9. The van der Waals surface area contributed by atoms with Crippen molar-refractivity contribution in [3.05, 3.63) is 42.5 Å². The summed E-state index contributed by atoms with van der Waals surface area (Å²) < 4.78 is 5.91. The number of carbonyl (C=O) groups is 1. The van der Waals surface area contributed by atoms with E-state index >= 15 is 0 Å². The van der Waals surface area contributed by atoms with Crippen molar-refractivity contribution >= 4 is 16.7 Å². The van der Waals surface area contributed by atoms with Gasteiger partial charge >= 0.3 is 0 Å². The fourth-order valence-corrected chi connectivity index (χ4v) is 2.51. The van der Waals surface area contributed by atoms with Crippen LogP contribution in [-0.4, -0.2) is 18.1 Å². The molecule has 1 atom stereocenters. The van der Waals surface area contributed by atoms with Crippen LogP contribution in [0.15, 0.2) is 42.5 Å². The van der Waals surface area contributed by atoms with Crippen molar-refractivity contribution in [2.45, 2.75) is 52.2 Å². The molecule has 2 aromatic rings. The zero-order valence-electron chi connectivity index (χ0n) is 13.6. The standard InChI is InChI=1S/C19H25NO2/c1-4-16(5-2)20-19(21)18(6-3)22-17-12-11-14-9-7-8-10-15(14)13-17/h7-13,16,18H,4-6H2,1-3H3,(H,20,21). The maximum Gasteiger partial charge on any atom is 0.261 e. The van der Waals surface area contributed by atoms with Crippen LogP contribution in [-0.2, 0) is 4.79 Å². The predicted octanol–water partition coefficient (Wildman–Crippen LogP) is 4.30. The summed E-state index contributed by atoms with van der Waals surface area (Å²) in [5, 5.41) is 5.35. The Morgan fingerprint density at radius 3 is 2.32 bits per heavy atom. The van der Waals surface area contributed by atoms with E-state index in [1.54, 1.807) is 0 Å². The number of carbonyl (C=O) groups excluding carboxylic acids is 1. The van der Waals surface area contributed by atoms with Crippen LogP contribution in [0.25, 0.3) is 10.8 Å². The van der Waals surface area contributed by atoms with Gasteiger partial charge in [-0.15, -0.1) is 0 Å². The highest BCUT2D eigenvalue weighted by atomic mass is 16.5. The molecule has 0 spiro atoms. The lowest BCUT2D eigenvalue weighted by atomic mass is 10.1. The molecular formula is C19H25NO2. The van der Waals surface area contributed by atoms with Gasteiger partial charge in [-0.1, -0.05) is 51.1 Å². The molecule has 1 amide bonds. The first-order valence-corrected chi connectivity index (χ1v) is 8.13. The summed E-state index contributed by atoms with van der Waals surface area (Å²) in [7, 11) is 0. The maximum absolute atomic E-state index is 12.3. The van der Waals surface area contributed by atoms with Gasteiger partial charge in [0, 0.05) is 6.04 Å². The second kappa shape index (κ2) is 7.83. The SMILES string of the molecule is CCC(CC)NC(=O)C(CC)Oc1ccc2ccccc2c1. The molecule has 0 fully saturated rings. The van der Waals surface area contributed by atoms with E-state index in [9.17, 15) is 4.79 Å². The average molecular weight is 299 g/mol. The summed E-state index contributed by atoms with van der Waals surface area (Å²) in [6.45, 7) is 6.14. The number of fused-ring (bicyclic) bond motifs is 1. The van der Waals surface area contributed by atoms with Gasteiger partial charge in [-0.05, 0) is 42.2 Å². The Hall–Kier alpha value is -2.03. The first-order chi connectivity index (χ1) is 10.7. The maximum atomic E-state index is 12.3. The molecule has 0 aliphatic rings. The molecule has 0 heterocycles. The molecule has 0 saturated heterocycles. The van der Waals surface area contributed by atoms with E-state index in [0.717, 1.165) is 24.0 Å². The van der Waals surface area contributed by atoms with E-state index in [-0.39, 0.29) is 11.9 Å². The number of rotatable bonds is 7. The highest BCUT2D eigenvalue weighted by Crippen LogP contribution is 2.22. The van der Waals surface area contributed by atoms with Crippen LogP contribution in [0.1, 0.15) is 40.0 Å². The summed E-state index contributed by atoms with van der Waals surface area (Å²) >= 11 is 0. The normalized spacial score (nSPS) is 12.4. The van der Waals surface area contributed by atoms with Crippen LogP contribution in [0, 0.1) is 0 Å². The minimum absolute atomic E-state index is 0.0237. The van der Waals surface area contributed by atoms with Gasteiger partial charge in [0.15, 0.2) is 6.10 Å². The van der Waals surface area contributed by atoms with Crippen molar-refractivity contribution in [2.24, 2.45) is 0 Å². The topological polar surface area (TPSA) is 38.3 Å². The van der Waals surface area contributed by atoms with Crippen LogP contribution in [0.5, 0.6) is 5.75 Å². The molecule has 22 heavy (non-hydrogen) atoms. The molecule has 0 bridgehead atoms. The molecule has 0 aliphatic heterocycles. The van der Waals surface area contributed by atoms with Crippen LogP contribution < -0.4 is 10.1 Å². The molecule has 3 heteroatoms. The number of hydrogen-bond donors (Lipinski definition) is 1. The van der Waals surface area contributed by atoms with Crippen LogP contribution in [0.2, 0.25) is 0 Å². The quantitative estimate of drug-likeness (QED) is 0.827. The molecule has 2 rings (SSSR count). The average Bonchev–Trinajstić information content (AvgIpc) is 2.57. The minimum atomic E-state index is -0.443. The van der Waals surface area contributed by atoms with E-state index in [2.05, 4.69) is 25.2 Å². The van der Waals surface area contributed by atoms with Gasteiger partial charge in [-0.25, -0.2) is 0 Å². The lowest BCUT2D eigenvalue weighted by Crippen LogP contribution is -2.43. The van der Waals surface area contributed by atoms with E-state index in [0.29, 0.717) is 6.42 Å². The number of nitrogens with one attached hydrogen (secondary N) is 1. The molecule has 2 aromatic carbocycles. The van der Waals surface area contributed by atoms with Crippen molar-refractivity contribution < 1.29 is 9.53 Å². The Bertz CT molecular complexity index is 620. The summed E-state index contributed by atoms with van der Waals surface area (Å²) in [5.41, 5.74) is 0. The number of amides is 1. The van der Waals surface area contributed by atoms with E-state index in [1.807, 2.05) is 43.3 Å². The smallest absolute Gasteiger partial charge is 0.261 e. The van der Waals surface area contributed by atoms with Crippen LogP contribution in [0.4, 0.5) is 0 Å². The van der Waals surface area contributed by atoms with Crippen molar-refractivity contribution in [1.29, 1.82) is 0 Å². The Balaban J connectivity index is 2.09. The Morgan fingerprint density at radius 2 is 1.68 bits per heavy atom. The minimum Gasteiger partial charge on any atom is -0.481 e. The third-order valence-corrected chi connectivity index (χ3v) is 3.99. The highest BCUT2D eigenvalue weighted by Gasteiger charge is 2.20. The predicted molar refractivity (Wildman–Crippen MR) is 91.2 cm³/mol. The van der Waals surface area contributed by atoms with Gasteiger partial charge in [0.25, 0.3) is 5.91 Å².